The van der Waals surface area contributed by atoms with Gasteiger partial charge in [-0.1, -0.05) is 19.1 Å². The van der Waals surface area contributed by atoms with Crippen LogP contribution in [0, 0.1) is 5.92 Å². The first-order chi connectivity index (χ1) is 8.58. The van der Waals surface area contributed by atoms with E-state index >= 15 is 0 Å². The molecule has 1 aliphatic carbocycles. The van der Waals surface area contributed by atoms with Crippen LogP contribution >= 0.6 is 0 Å². The molecule has 0 heterocycles. The normalized spacial score (nSPS) is 26.2. The molecule has 1 aromatic carbocycles. The maximum Gasteiger partial charge on any atom is 0.0319 e. The maximum absolute atomic E-state index is 5.75. The number of benzene rings is 1. The predicted octanol–water partition coefficient (Wildman–Crippen LogP) is 3.84. The van der Waals surface area contributed by atoms with Crippen molar-refractivity contribution in [3.05, 3.63) is 29.8 Å². The van der Waals surface area contributed by atoms with E-state index in [-0.39, 0.29) is 0 Å². The summed E-state index contributed by atoms with van der Waals surface area (Å²) in [7, 11) is 2.27. The van der Waals surface area contributed by atoms with Gasteiger partial charge in [-0.15, -0.1) is 0 Å². The van der Waals surface area contributed by atoms with Crippen LogP contribution < -0.4 is 5.73 Å². The van der Waals surface area contributed by atoms with Crippen molar-refractivity contribution in [2.45, 2.75) is 51.6 Å². The van der Waals surface area contributed by atoms with Gasteiger partial charge in [-0.05, 0) is 63.3 Å². The van der Waals surface area contributed by atoms with Crippen molar-refractivity contribution in [1.29, 1.82) is 0 Å². The molecule has 1 fully saturated rings. The molecule has 2 N–H and O–H groups in total. The molecule has 2 heteroatoms. The summed E-state index contributed by atoms with van der Waals surface area (Å²) < 4.78 is 0. The van der Waals surface area contributed by atoms with E-state index in [2.05, 4.69) is 37.9 Å². The molecule has 0 spiro atoms. The van der Waals surface area contributed by atoms with Crippen LogP contribution in [0.25, 0.3) is 0 Å². The first-order valence-corrected chi connectivity index (χ1v) is 7.15. The lowest BCUT2D eigenvalue weighted by atomic mass is 9.86. The van der Waals surface area contributed by atoms with E-state index in [4.69, 9.17) is 5.73 Å². The Balaban J connectivity index is 1.99. The van der Waals surface area contributed by atoms with E-state index in [1.54, 1.807) is 0 Å². The van der Waals surface area contributed by atoms with Gasteiger partial charge in [0, 0.05) is 17.8 Å². The average molecular weight is 246 g/mol. The van der Waals surface area contributed by atoms with Gasteiger partial charge in [0.05, 0.1) is 0 Å². The number of hydrogen-bond donors (Lipinski definition) is 1. The monoisotopic (exact) mass is 246 g/mol. The van der Waals surface area contributed by atoms with Crippen LogP contribution in [0.3, 0.4) is 0 Å². The fourth-order valence-corrected chi connectivity index (χ4v) is 2.98. The molecular weight excluding hydrogens is 220 g/mol. The van der Waals surface area contributed by atoms with Gasteiger partial charge < -0.3 is 5.73 Å². The van der Waals surface area contributed by atoms with Crippen molar-refractivity contribution in [3.63, 3.8) is 0 Å². The van der Waals surface area contributed by atoms with Crippen LogP contribution in [0.1, 0.15) is 51.1 Å². The molecule has 2 nitrogen and oxygen atoms in total. The lowest BCUT2D eigenvalue weighted by Crippen LogP contribution is -2.36. The molecule has 1 atom stereocenters. The van der Waals surface area contributed by atoms with E-state index in [0.717, 1.165) is 17.6 Å². The Bertz CT molecular complexity index is 363. The third kappa shape index (κ3) is 3.05. The third-order valence-electron chi connectivity index (χ3n) is 4.59. The van der Waals surface area contributed by atoms with Gasteiger partial charge in [0.15, 0.2) is 0 Å². The molecule has 0 aliphatic heterocycles. The standard InChI is InChI=1S/C16H26N2/c1-12-4-10-16(11-5-12)18(3)13(2)14-6-8-15(17)9-7-14/h6-9,12-13,16H,4-5,10-11,17H2,1-3H3. The molecule has 1 unspecified atom stereocenters. The van der Waals surface area contributed by atoms with Crippen LogP contribution in [0.5, 0.6) is 0 Å². The third-order valence-corrected chi connectivity index (χ3v) is 4.59. The fourth-order valence-electron chi connectivity index (χ4n) is 2.98. The molecule has 100 valence electrons. The first-order valence-electron chi connectivity index (χ1n) is 7.15. The van der Waals surface area contributed by atoms with E-state index < -0.39 is 0 Å². The van der Waals surface area contributed by atoms with Crippen LogP contribution in [0.2, 0.25) is 0 Å². The summed E-state index contributed by atoms with van der Waals surface area (Å²) in [6.07, 6.45) is 5.45. The van der Waals surface area contributed by atoms with Crippen molar-refractivity contribution in [2.75, 3.05) is 12.8 Å². The lowest BCUT2D eigenvalue weighted by molar-refractivity contribution is 0.131. The predicted molar refractivity (Wildman–Crippen MR) is 78.5 cm³/mol. The van der Waals surface area contributed by atoms with E-state index in [0.29, 0.717) is 6.04 Å². The molecule has 0 aromatic heterocycles. The molecule has 1 aliphatic rings. The number of nitrogen functional groups attached to an aromatic ring is 1. The minimum atomic E-state index is 0.476. The van der Waals surface area contributed by atoms with Crippen molar-refractivity contribution in [3.8, 4) is 0 Å². The van der Waals surface area contributed by atoms with Gasteiger partial charge in [-0.2, -0.15) is 0 Å². The number of nitrogens with zero attached hydrogens (tertiary/aromatic N) is 1. The molecule has 0 radical (unpaired) electrons. The van der Waals surface area contributed by atoms with Gasteiger partial charge in [0.25, 0.3) is 0 Å². The highest BCUT2D eigenvalue weighted by Crippen LogP contribution is 2.31. The van der Waals surface area contributed by atoms with Gasteiger partial charge in [0.1, 0.15) is 0 Å². The van der Waals surface area contributed by atoms with E-state index in [1.165, 1.54) is 31.2 Å². The zero-order chi connectivity index (χ0) is 13.1. The SMILES string of the molecule is CC1CCC(N(C)C(C)c2ccc(N)cc2)CC1. The molecule has 0 amide bonds. The minimum absolute atomic E-state index is 0.476. The number of nitrogens with two attached hydrogens (primary N) is 1. The van der Waals surface area contributed by atoms with Gasteiger partial charge >= 0.3 is 0 Å². The quantitative estimate of drug-likeness (QED) is 0.821. The van der Waals surface area contributed by atoms with Crippen molar-refractivity contribution < 1.29 is 0 Å². The zero-order valence-electron chi connectivity index (χ0n) is 11.9. The lowest BCUT2D eigenvalue weighted by Gasteiger charge is -2.37. The molecule has 1 aromatic rings. The second-order valence-electron chi connectivity index (χ2n) is 5.92. The Kier molecular flexibility index (Phi) is 4.28. The number of anilines is 1. The summed E-state index contributed by atoms with van der Waals surface area (Å²) in [5, 5.41) is 0. The molecular formula is C16H26N2. The van der Waals surface area contributed by atoms with Crippen LogP contribution in [0.15, 0.2) is 24.3 Å². The second-order valence-corrected chi connectivity index (χ2v) is 5.92. The van der Waals surface area contributed by atoms with Gasteiger partial charge in [-0.3, -0.25) is 4.90 Å². The molecule has 18 heavy (non-hydrogen) atoms. The Morgan fingerprint density at radius 2 is 1.67 bits per heavy atom. The fraction of sp³-hybridized carbons (Fsp3) is 0.625. The van der Waals surface area contributed by atoms with Crippen molar-refractivity contribution in [2.24, 2.45) is 5.92 Å². The second kappa shape index (κ2) is 5.75. The summed E-state index contributed by atoms with van der Waals surface area (Å²) in [5.74, 6) is 0.918. The van der Waals surface area contributed by atoms with Crippen molar-refractivity contribution in [1.82, 2.24) is 4.90 Å². The Morgan fingerprint density at radius 1 is 1.11 bits per heavy atom. The molecule has 0 saturated heterocycles. The molecule has 2 rings (SSSR count). The largest absolute Gasteiger partial charge is 0.399 e. The minimum Gasteiger partial charge on any atom is -0.399 e. The maximum atomic E-state index is 5.75. The Labute approximate surface area is 111 Å². The number of rotatable bonds is 3. The van der Waals surface area contributed by atoms with Crippen LogP contribution in [-0.2, 0) is 0 Å². The van der Waals surface area contributed by atoms with Crippen LogP contribution in [-0.4, -0.2) is 18.0 Å². The Morgan fingerprint density at radius 3 is 2.22 bits per heavy atom. The van der Waals surface area contributed by atoms with E-state index in [1.807, 2.05) is 12.1 Å². The first kappa shape index (κ1) is 13.4. The highest BCUT2D eigenvalue weighted by Gasteiger charge is 2.25. The summed E-state index contributed by atoms with van der Waals surface area (Å²) in [6.45, 7) is 4.67. The van der Waals surface area contributed by atoms with Crippen LogP contribution in [0.4, 0.5) is 5.69 Å². The summed E-state index contributed by atoms with van der Waals surface area (Å²) in [6, 6.07) is 9.53. The summed E-state index contributed by atoms with van der Waals surface area (Å²) in [5.41, 5.74) is 7.96. The van der Waals surface area contributed by atoms with E-state index in [9.17, 15) is 0 Å². The average Bonchev–Trinajstić information content (AvgIpc) is 2.39. The molecule has 1 saturated carbocycles. The smallest absolute Gasteiger partial charge is 0.0319 e. The van der Waals surface area contributed by atoms with Crippen molar-refractivity contribution >= 4 is 5.69 Å². The summed E-state index contributed by atoms with van der Waals surface area (Å²) >= 11 is 0. The number of hydrogen-bond acceptors (Lipinski definition) is 2. The van der Waals surface area contributed by atoms with Gasteiger partial charge in [0.2, 0.25) is 0 Å². The topological polar surface area (TPSA) is 29.3 Å². The Hall–Kier alpha value is -1.02. The van der Waals surface area contributed by atoms with Gasteiger partial charge in [-0.25, -0.2) is 0 Å². The zero-order valence-corrected chi connectivity index (χ0v) is 11.9. The highest BCUT2D eigenvalue weighted by molar-refractivity contribution is 5.40. The summed E-state index contributed by atoms with van der Waals surface area (Å²) in [4.78, 5) is 2.54. The molecule has 0 bridgehead atoms. The highest BCUT2D eigenvalue weighted by atomic mass is 15.2.